The molecule has 18 heavy (non-hydrogen) atoms. The molecule has 0 fully saturated rings. The SMILES string of the molecule is CCOc1ccc(-c2nnc3sc(N)nn23)cc1. The first-order chi connectivity index (χ1) is 8.78. The number of hydrogen-bond donors (Lipinski definition) is 1. The van der Waals surface area contributed by atoms with Gasteiger partial charge in [-0.2, -0.15) is 4.52 Å². The van der Waals surface area contributed by atoms with Crippen LogP contribution < -0.4 is 10.5 Å². The predicted octanol–water partition coefficient (Wildman–Crippen LogP) is 1.83. The van der Waals surface area contributed by atoms with Crippen molar-refractivity contribution in [1.29, 1.82) is 0 Å². The maximum atomic E-state index is 5.64. The fourth-order valence-corrected chi connectivity index (χ4v) is 2.28. The van der Waals surface area contributed by atoms with Crippen molar-refractivity contribution in [2.75, 3.05) is 12.3 Å². The van der Waals surface area contributed by atoms with E-state index < -0.39 is 0 Å². The van der Waals surface area contributed by atoms with Crippen LogP contribution in [0.2, 0.25) is 0 Å². The van der Waals surface area contributed by atoms with Crippen LogP contribution in [0, 0.1) is 0 Å². The van der Waals surface area contributed by atoms with Crippen LogP contribution >= 0.6 is 11.3 Å². The Morgan fingerprint density at radius 1 is 1.28 bits per heavy atom. The Labute approximate surface area is 107 Å². The number of ether oxygens (including phenoxy) is 1. The molecule has 0 amide bonds. The molecule has 0 saturated heterocycles. The molecule has 1 aromatic carbocycles. The van der Waals surface area contributed by atoms with E-state index in [1.165, 1.54) is 11.3 Å². The standard InChI is InChI=1S/C11H11N5OS/c1-2-17-8-5-3-7(4-6-8)9-13-14-11-16(9)15-10(12)18-11/h3-6H,2H2,1H3,(H2,12,15). The van der Waals surface area contributed by atoms with E-state index in [1.807, 2.05) is 31.2 Å². The summed E-state index contributed by atoms with van der Waals surface area (Å²) in [5.74, 6) is 1.51. The maximum Gasteiger partial charge on any atom is 0.236 e. The van der Waals surface area contributed by atoms with Gasteiger partial charge in [0.15, 0.2) is 5.82 Å². The summed E-state index contributed by atoms with van der Waals surface area (Å²) in [5.41, 5.74) is 6.57. The van der Waals surface area contributed by atoms with Gasteiger partial charge in [-0.05, 0) is 31.2 Å². The molecule has 0 radical (unpaired) electrons. The minimum absolute atomic E-state index is 0.479. The summed E-state index contributed by atoms with van der Waals surface area (Å²) in [6, 6.07) is 7.65. The highest BCUT2D eigenvalue weighted by Crippen LogP contribution is 2.24. The van der Waals surface area contributed by atoms with Crippen LogP contribution in [-0.2, 0) is 0 Å². The van der Waals surface area contributed by atoms with Crippen LogP contribution in [0.3, 0.4) is 0 Å². The molecule has 0 aliphatic carbocycles. The second-order valence-corrected chi connectivity index (χ2v) is 4.60. The molecule has 6 nitrogen and oxygen atoms in total. The van der Waals surface area contributed by atoms with Gasteiger partial charge in [-0.25, -0.2) is 0 Å². The third-order valence-corrected chi connectivity index (χ3v) is 3.16. The van der Waals surface area contributed by atoms with Gasteiger partial charge >= 0.3 is 0 Å². The van der Waals surface area contributed by atoms with E-state index in [2.05, 4.69) is 15.3 Å². The zero-order valence-electron chi connectivity index (χ0n) is 9.70. The first kappa shape index (κ1) is 11.0. The van der Waals surface area contributed by atoms with Crippen LogP contribution in [0.1, 0.15) is 6.92 Å². The van der Waals surface area contributed by atoms with Gasteiger partial charge in [0, 0.05) is 5.56 Å². The number of aromatic nitrogens is 4. The normalized spacial score (nSPS) is 10.9. The van der Waals surface area contributed by atoms with Gasteiger partial charge in [0.1, 0.15) is 5.75 Å². The quantitative estimate of drug-likeness (QED) is 0.778. The minimum atomic E-state index is 0.479. The summed E-state index contributed by atoms with van der Waals surface area (Å²) >= 11 is 1.31. The molecule has 0 bridgehead atoms. The smallest absolute Gasteiger partial charge is 0.236 e. The Hall–Kier alpha value is -2.15. The van der Waals surface area contributed by atoms with Gasteiger partial charge in [0.25, 0.3) is 0 Å². The molecule has 92 valence electrons. The number of benzene rings is 1. The Bertz CT molecular complexity index is 672. The van der Waals surface area contributed by atoms with E-state index in [-0.39, 0.29) is 0 Å². The number of nitrogens with zero attached hydrogens (tertiary/aromatic N) is 4. The number of anilines is 1. The molecule has 7 heteroatoms. The largest absolute Gasteiger partial charge is 0.494 e. The van der Waals surface area contributed by atoms with E-state index in [0.29, 0.717) is 22.5 Å². The van der Waals surface area contributed by atoms with Crippen LogP contribution in [0.25, 0.3) is 16.3 Å². The fourth-order valence-electron chi connectivity index (χ4n) is 1.68. The first-order valence-corrected chi connectivity index (χ1v) is 6.30. The van der Waals surface area contributed by atoms with Crippen molar-refractivity contribution in [1.82, 2.24) is 19.8 Å². The summed E-state index contributed by atoms with van der Waals surface area (Å²) in [5, 5.41) is 12.8. The molecule has 3 aromatic rings. The number of hydrogen-bond acceptors (Lipinski definition) is 6. The average molecular weight is 261 g/mol. The Morgan fingerprint density at radius 2 is 2.06 bits per heavy atom. The molecule has 3 rings (SSSR count). The molecular formula is C11H11N5OS. The molecular weight excluding hydrogens is 250 g/mol. The Morgan fingerprint density at radius 3 is 2.78 bits per heavy atom. The van der Waals surface area contributed by atoms with Crippen molar-refractivity contribution in [2.24, 2.45) is 0 Å². The van der Waals surface area contributed by atoms with Gasteiger partial charge in [0.2, 0.25) is 10.1 Å². The summed E-state index contributed by atoms with van der Waals surface area (Å²) in [6.45, 7) is 2.60. The highest BCUT2D eigenvalue weighted by atomic mass is 32.1. The molecule has 0 atom stereocenters. The Kier molecular flexibility index (Phi) is 2.60. The molecule has 2 N–H and O–H groups in total. The van der Waals surface area contributed by atoms with Gasteiger partial charge < -0.3 is 10.5 Å². The van der Waals surface area contributed by atoms with E-state index in [9.17, 15) is 0 Å². The lowest BCUT2D eigenvalue weighted by molar-refractivity contribution is 0.340. The maximum absolute atomic E-state index is 5.64. The van der Waals surface area contributed by atoms with E-state index in [4.69, 9.17) is 10.5 Å². The molecule has 0 aliphatic heterocycles. The lowest BCUT2D eigenvalue weighted by atomic mass is 10.2. The van der Waals surface area contributed by atoms with Crippen LogP contribution in [-0.4, -0.2) is 26.4 Å². The van der Waals surface area contributed by atoms with E-state index in [1.54, 1.807) is 4.52 Å². The van der Waals surface area contributed by atoms with E-state index in [0.717, 1.165) is 11.3 Å². The van der Waals surface area contributed by atoms with Gasteiger partial charge in [-0.1, -0.05) is 11.3 Å². The highest BCUT2D eigenvalue weighted by Gasteiger charge is 2.11. The zero-order chi connectivity index (χ0) is 12.5. The van der Waals surface area contributed by atoms with Gasteiger partial charge in [-0.15, -0.1) is 15.3 Å². The van der Waals surface area contributed by atoms with E-state index >= 15 is 0 Å². The summed E-state index contributed by atoms with van der Waals surface area (Å²) < 4.78 is 7.04. The monoisotopic (exact) mass is 261 g/mol. The van der Waals surface area contributed by atoms with Crippen molar-refractivity contribution >= 4 is 21.4 Å². The molecule has 0 aliphatic rings. The third-order valence-electron chi connectivity index (χ3n) is 2.43. The first-order valence-electron chi connectivity index (χ1n) is 5.49. The van der Waals surface area contributed by atoms with Crippen molar-refractivity contribution in [3.8, 4) is 17.1 Å². The number of nitrogens with two attached hydrogens (primary N) is 1. The van der Waals surface area contributed by atoms with Crippen molar-refractivity contribution in [3.63, 3.8) is 0 Å². The number of fused-ring (bicyclic) bond motifs is 1. The lowest BCUT2D eigenvalue weighted by Crippen LogP contribution is -1.93. The molecule has 2 heterocycles. The van der Waals surface area contributed by atoms with Gasteiger partial charge in [0.05, 0.1) is 6.61 Å². The molecule has 0 unspecified atom stereocenters. The van der Waals surface area contributed by atoms with Crippen LogP contribution in [0.4, 0.5) is 5.13 Å². The van der Waals surface area contributed by atoms with Crippen molar-refractivity contribution < 1.29 is 4.74 Å². The second-order valence-electron chi connectivity index (χ2n) is 3.62. The summed E-state index contributed by atoms with van der Waals surface area (Å²) in [4.78, 5) is 0.691. The molecule has 0 spiro atoms. The molecule has 2 aromatic heterocycles. The lowest BCUT2D eigenvalue weighted by Gasteiger charge is -2.03. The zero-order valence-corrected chi connectivity index (χ0v) is 10.5. The molecule has 0 saturated carbocycles. The minimum Gasteiger partial charge on any atom is -0.494 e. The second kappa shape index (κ2) is 4.26. The number of nitrogen functional groups attached to an aromatic ring is 1. The Balaban J connectivity index is 2.02. The third kappa shape index (κ3) is 1.78. The number of rotatable bonds is 3. The average Bonchev–Trinajstić information content (AvgIpc) is 2.89. The fraction of sp³-hybridized carbons (Fsp3) is 0.182. The summed E-state index contributed by atoms with van der Waals surface area (Å²) in [7, 11) is 0. The van der Waals surface area contributed by atoms with Crippen molar-refractivity contribution in [3.05, 3.63) is 24.3 Å². The predicted molar refractivity (Wildman–Crippen MR) is 69.7 cm³/mol. The summed E-state index contributed by atoms with van der Waals surface area (Å²) in [6.07, 6.45) is 0. The van der Waals surface area contributed by atoms with Crippen LogP contribution in [0.15, 0.2) is 24.3 Å². The van der Waals surface area contributed by atoms with Crippen LogP contribution in [0.5, 0.6) is 5.75 Å². The highest BCUT2D eigenvalue weighted by molar-refractivity contribution is 7.20. The van der Waals surface area contributed by atoms with Gasteiger partial charge in [-0.3, -0.25) is 0 Å². The van der Waals surface area contributed by atoms with Crippen molar-refractivity contribution in [2.45, 2.75) is 6.92 Å². The topological polar surface area (TPSA) is 78.3 Å².